The molecule has 1 aromatic rings. The number of amides is 1. The number of hydrogen-bond donors (Lipinski definition) is 1. The summed E-state index contributed by atoms with van der Waals surface area (Å²) in [5.74, 6) is -0.0505. The van der Waals surface area contributed by atoms with Crippen LogP contribution in [0.2, 0.25) is 0 Å². The maximum absolute atomic E-state index is 11.9. The highest BCUT2D eigenvalue weighted by molar-refractivity contribution is 5.79. The zero-order valence-electron chi connectivity index (χ0n) is 11.1. The Bertz CT molecular complexity index is 358. The molecule has 0 fully saturated rings. The SMILES string of the molecule is C[C@H](C(=O)NCC(C)(C)N(C)C)n1cncn1. The van der Waals surface area contributed by atoms with Crippen molar-refractivity contribution in [2.75, 3.05) is 20.6 Å². The first-order valence-corrected chi connectivity index (χ1v) is 5.64. The van der Waals surface area contributed by atoms with Gasteiger partial charge in [-0.25, -0.2) is 9.67 Å². The van der Waals surface area contributed by atoms with Gasteiger partial charge in [0.05, 0.1) is 0 Å². The van der Waals surface area contributed by atoms with Gasteiger partial charge < -0.3 is 10.2 Å². The summed E-state index contributed by atoms with van der Waals surface area (Å²) < 4.78 is 1.54. The number of rotatable bonds is 5. The fraction of sp³-hybridized carbons (Fsp3) is 0.727. The lowest BCUT2D eigenvalue weighted by Crippen LogP contribution is -2.49. The van der Waals surface area contributed by atoms with Gasteiger partial charge in [0.2, 0.25) is 5.91 Å². The van der Waals surface area contributed by atoms with Crippen LogP contribution in [0.1, 0.15) is 26.8 Å². The van der Waals surface area contributed by atoms with Crippen LogP contribution < -0.4 is 5.32 Å². The van der Waals surface area contributed by atoms with Gasteiger partial charge in [0, 0.05) is 12.1 Å². The van der Waals surface area contributed by atoms with E-state index in [9.17, 15) is 4.79 Å². The monoisotopic (exact) mass is 239 g/mol. The lowest BCUT2D eigenvalue weighted by molar-refractivity contribution is -0.124. The highest BCUT2D eigenvalue weighted by atomic mass is 16.2. The van der Waals surface area contributed by atoms with Crippen LogP contribution in [0.4, 0.5) is 0 Å². The van der Waals surface area contributed by atoms with Crippen LogP contribution in [0.15, 0.2) is 12.7 Å². The third-order valence-electron chi connectivity index (χ3n) is 3.12. The van der Waals surface area contributed by atoms with Crippen LogP contribution in [0, 0.1) is 0 Å². The second-order valence-corrected chi connectivity index (χ2v) is 4.98. The number of carbonyl (C=O) groups is 1. The van der Waals surface area contributed by atoms with E-state index in [4.69, 9.17) is 0 Å². The molecule has 1 rings (SSSR count). The summed E-state index contributed by atoms with van der Waals surface area (Å²) in [7, 11) is 3.99. The molecule has 0 unspecified atom stereocenters. The molecule has 0 saturated carbocycles. The van der Waals surface area contributed by atoms with Gasteiger partial charge in [-0.05, 0) is 34.9 Å². The quantitative estimate of drug-likeness (QED) is 0.802. The normalized spacial score (nSPS) is 13.8. The average Bonchev–Trinajstić information content (AvgIpc) is 2.78. The summed E-state index contributed by atoms with van der Waals surface area (Å²) >= 11 is 0. The van der Waals surface area contributed by atoms with Gasteiger partial charge in [-0.2, -0.15) is 5.10 Å². The van der Waals surface area contributed by atoms with E-state index in [-0.39, 0.29) is 17.5 Å². The van der Waals surface area contributed by atoms with E-state index in [2.05, 4.69) is 34.1 Å². The molecule has 0 aliphatic rings. The Labute approximate surface area is 102 Å². The summed E-state index contributed by atoms with van der Waals surface area (Å²) in [5.41, 5.74) is -0.0717. The van der Waals surface area contributed by atoms with Crippen molar-refractivity contribution in [3.8, 4) is 0 Å². The minimum absolute atomic E-state index is 0.0505. The van der Waals surface area contributed by atoms with Gasteiger partial charge >= 0.3 is 0 Å². The second kappa shape index (κ2) is 5.27. The number of aromatic nitrogens is 3. The Kier molecular flexibility index (Phi) is 4.22. The largest absolute Gasteiger partial charge is 0.352 e. The molecule has 0 saturated heterocycles. The topological polar surface area (TPSA) is 63.1 Å². The maximum Gasteiger partial charge on any atom is 0.244 e. The Morgan fingerprint density at radius 3 is 2.65 bits per heavy atom. The molecule has 0 spiro atoms. The number of nitrogens with one attached hydrogen (secondary N) is 1. The van der Waals surface area contributed by atoms with Crippen molar-refractivity contribution in [1.29, 1.82) is 0 Å². The lowest BCUT2D eigenvalue weighted by atomic mass is 10.0. The minimum Gasteiger partial charge on any atom is -0.352 e. The van der Waals surface area contributed by atoms with Gasteiger partial charge in [-0.3, -0.25) is 4.79 Å². The summed E-state index contributed by atoms with van der Waals surface area (Å²) in [4.78, 5) is 17.8. The van der Waals surface area contributed by atoms with E-state index in [0.717, 1.165) is 0 Å². The van der Waals surface area contributed by atoms with Crippen LogP contribution in [0.5, 0.6) is 0 Å². The van der Waals surface area contributed by atoms with Crippen molar-refractivity contribution in [2.24, 2.45) is 0 Å². The van der Waals surface area contributed by atoms with Gasteiger partial charge in [0.15, 0.2) is 0 Å². The maximum atomic E-state index is 11.9. The fourth-order valence-electron chi connectivity index (χ4n) is 1.15. The van der Waals surface area contributed by atoms with Gasteiger partial charge in [0.1, 0.15) is 18.7 Å². The Hall–Kier alpha value is -1.43. The molecule has 17 heavy (non-hydrogen) atoms. The van der Waals surface area contributed by atoms with Gasteiger partial charge in [0.25, 0.3) is 0 Å². The van der Waals surface area contributed by atoms with E-state index in [0.29, 0.717) is 6.54 Å². The third kappa shape index (κ3) is 3.52. The predicted molar refractivity (Wildman–Crippen MR) is 65.5 cm³/mol. The van der Waals surface area contributed by atoms with Crippen LogP contribution in [0.3, 0.4) is 0 Å². The molecule has 1 aromatic heterocycles. The molecule has 0 aliphatic carbocycles. The molecule has 6 heteroatoms. The summed E-state index contributed by atoms with van der Waals surface area (Å²) in [6, 6.07) is -0.338. The highest BCUT2D eigenvalue weighted by Crippen LogP contribution is 2.09. The number of nitrogens with zero attached hydrogens (tertiary/aromatic N) is 4. The fourth-order valence-corrected chi connectivity index (χ4v) is 1.15. The molecular weight excluding hydrogens is 218 g/mol. The first-order valence-electron chi connectivity index (χ1n) is 5.64. The number of likely N-dealkylation sites (N-methyl/N-ethyl adjacent to an activating group) is 1. The molecule has 1 atom stereocenters. The molecule has 0 aromatic carbocycles. The zero-order chi connectivity index (χ0) is 13.1. The smallest absolute Gasteiger partial charge is 0.244 e. The number of carbonyl (C=O) groups excluding carboxylic acids is 1. The molecule has 1 N–H and O–H groups in total. The van der Waals surface area contributed by atoms with Gasteiger partial charge in [-0.15, -0.1) is 0 Å². The first kappa shape index (κ1) is 13.6. The molecule has 0 radical (unpaired) electrons. The molecular formula is C11H21N5O. The Morgan fingerprint density at radius 1 is 1.53 bits per heavy atom. The average molecular weight is 239 g/mol. The third-order valence-corrected chi connectivity index (χ3v) is 3.12. The van der Waals surface area contributed by atoms with E-state index in [1.807, 2.05) is 14.1 Å². The second-order valence-electron chi connectivity index (χ2n) is 4.98. The van der Waals surface area contributed by atoms with Crippen LogP contribution in [-0.2, 0) is 4.79 Å². The lowest BCUT2D eigenvalue weighted by Gasteiger charge is -2.33. The van der Waals surface area contributed by atoms with E-state index >= 15 is 0 Å². The Morgan fingerprint density at radius 2 is 2.18 bits per heavy atom. The molecule has 1 amide bonds. The van der Waals surface area contributed by atoms with E-state index in [1.54, 1.807) is 13.3 Å². The minimum atomic E-state index is -0.338. The van der Waals surface area contributed by atoms with Crippen molar-refractivity contribution in [2.45, 2.75) is 32.4 Å². The van der Waals surface area contributed by atoms with Crippen molar-refractivity contribution < 1.29 is 4.79 Å². The van der Waals surface area contributed by atoms with E-state index in [1.165, 1.54) is 11.0 Å². The standard InChI is InChI=1S/C11H21N5O/c1-9(16-8-12-7-14-16)10(17)13-6-11(2,3)15(4)5/h7-9H,6H2,1-5H3,(H,13,17)/t9-/m1/s1. The van der Waals surface area contributed by atoms with Crippen molar-refractivity contribution in [3.05, 3.63) is 12.7 Å². The van der Waals surface area contributed by atoms with Crippen molar-refractivity contribution >= 4 is 5.91 Å². The zero-order valence-corrected chi connectivity index (χ0v) is 11.1. The first-order chi connectivity index (χ1) is 7.84. The summed E-state index contributed by atoms with van der Waals surface area (Å²) in [6.45, 7) is 6.55. The van der Waals surface area contributed by atoms with Crippen LogP contribution in [-0.4, -0.2) is 51.8 Å². The number of hydrogen-bond acceptors (Lipinski definition) is 4. The highest BCUT2D eigenvalue weighted by Gasteiger charge is 2.23. The van der Waals surface area contributed by atoms with Crippen LogP contribution >= 0.6 is 0 Å². The molecule has 96 valence electrons. The predicted octanol–water partition coefficient (Wildman–Crippen LogP) is 0.296. The Balaban J connectivity index is 2.51. The van der Waals surface area contributed by atoms with E-state index < -0.39 is 0 Å². The van der Waals surface area contributed by atoms with Crippen LogP contribution in [0.25, 0.3) is 0 Å². The molecule has 0 bridgehead atoms. The van der Waals surface area contributed by atoms with Crippen molar-refractivity contribution in [1.82, 2.24) is 25.0 Å². The van der Waals surface area contributed by atoms with Crippen molar-refractivity contribution in [3.63, 3.8) is 0 Å². The summed E-state index contributed by atoms with van der Waals surface area (Å²) in [6.07, 6.45) is 2.97. The summed E-state index contributed by atoms with van der Waals surface area (Å²) in [5, 5.41) is 6.87. The molecule has 1 heterocycles. The molecule has 0 aliphatic heterocycles. The van der Waals surface area contributed by atoms with Gasteiger partial charge in [-0.1, -0.05) is 0 Å². The molecule has 6 nitrogen and oxygen atoms in total.